The maximum atomic E-state index is 9.90. The fourth-order valence-corrected chi connectivity index (χ4v) is 2.79. The van der Waals surface area contributed by atoms with E-state index in [1.165, 1.54) is 6.42 Å². The topological polar surface area (TPSA) is 41.5 Å². The lowest BCUT2D eigenvalue weighted by Crippen LogP contribution is -2.36. The van der Waals surface area contributed by atoms with Crippen LogP contribution in [-0.2, 0) is 0 Å². The molecule has 0 amide bonds. The highest BCUT2D eigenvalue weighted by molar-refractivity contribution is 9.10. The molecule has 1 aromatic carbocycles. The van der Waals surface area contributed by atoms with Crippen molar-refractivity contribution in [3.05, 3.63) is 22.7 Å². The Morgan fingerprint density at radius 3 is 2.76 bits per heavy atom. The van der Waals surface area contributed by atoms with Crippen molar-refractivity contribution < 1.29 is 9.84 Å². The largest absolute Gasteiger partial charge is 0.496 e. The van der Waals surface area contributed by atoms with E-state index in [0.29, 0.717) is 0 Å². The Kier molecular flexibility index (Phi) is 4.29. The number of benzene rings is 1. The molecule has 1 aliphatic rings. The summed E-state index contributed by atoms with van der Waals surface area (Å²) >= 11 is 3.46. The van der Waals surface area contributed by atoms with Crippen molar-refractivity contribution in [3.63, 3.8) is 0 Å². The summed E-state index contributed by atoms with van der Waals surface area (Å²) in [7, 11) is 1.65. The third-order valence-electron chi connectivity index (χ3n) is 3.23. The lowest BCUT2D eigenvalue weighted by atomic mass is 9.92. The van der Waals surface area contributed by atoms with Crippen LogP contribution in [0, 0.1) is 0 Å². The zero-order valence-corrected chi connectivity index (χ0v) is 11.5. The van der Waals surface area contributed by atoms with Crippen molar-refractivity contribution in [2.24, 2.45) is 0 Å². The minimum atomic E-state index is -0.232. The number of hydrogen-bond donors (Lipinski definition) is 2. The quantitative estimate of drug-likeness (QED) is 0.901. The van der Waals surface area contributed by atoms with Gasteiger partial charge in [-0.15, -0.1) is 0 Å². The second kappa shape index (κ2) is 5.74. The van der Waals surface area contributed by atoms with Crippen LogP contribution in [0.1, 0.15) is 25.7 Å². The summed E-state index contributed by atoms with van der Waals surface area (Å²) < 4.78 is 6.11. The molecule has 3 nitrogen and oxygen atoms in total. The van der Waals surface area contributed by atoms with Crippen molar-refractivity contribution in [2.45, 2.75) is 37.8 Å². The van der Waals surface area contributed by atoms with Gasteiger partial charge in [0.05, 0.1) is 23.7 Å². The summed E-state index contributed by atoms with van der Waals surface area (Å²) in [5.41, 5.74) is 1.02. The van der Waals surface area contributed by atoms with Gasteiger partial charge >= 0.3 is 0 Å². The van der Waals surface area contributed by atoms with Crippen molar-refractivity contribution in [2.75, 3.05) is 12.4 Å². The van der Waals surface area contributed by atoms with Crippen LogP contribution in [0.25, 0.3) is 0 Å². The van der Waals surface area contributed by atoms with Gasteiger partial charge in [0.2, 0.25) is 0 Å². The van der Waals surface area contributed by atoms with Crippen molar-refractivity contribution in [1.82, 2.24) is 0 Å². The maximum Gasteiger partial charge on any atom is 0.133 e. The van der Waals surface area contributed by atoms with Crippen LogP contribution in [-0.4, -0.2) is 24.4 Å². The van der Waals surface area contributed by atoms with Crippen molar-refractivity contribution in [3.8, 4) is 5.75 Å². The van der Waals surface area contributed by atoms with Crippen molar-refractivity contribution >= 4 is 21.6 Å². The molecule has 94 valence electrons. The Labute approximate surface area is 110 Å². The SMILES string of the molecule is COc1ccc(N[C@H]2CCCC[C@@H]2O)cc1Br. The fourth-order valence-electron chi connectivity index (χ4n) is 2.25. The summed E-state index contributed by atoms with van der Waals surface area (Å²) in [5, 5.41) is 13.3. The van der Waals surface area contributed by atoms with Gasteiger partial charge in [-0.2, -0.15) is 0 Å². The summed E-state index contributed by atoms with van der Waals surface area (Å²) in [6.07, 6.45) is 4.02. The molecule has 0 heterocycles. The van der Waals surface area contributed by atoms with E-state index in [4.69, 9.17) is 4.74 Å². The standard InChI is InChI=1S/C13H18BrNO2/c1-17-13-7-6-9(8-10(13)14)15-11-4-2-3-5-12(11)16/h6-8,11-12,15-16H,2-5H2,1H3/t11-,12-/m0/s1. The average molecular weight is 300 g/mol. The lowest BCUT2D eigenvalue weighted by molar-refractivity contribution is 0.116. The molecule has 0 unspecified atom stereocenters. The second-order valence-electron chi connectivity index (χ2n) is 4.45. The van der Waals surface area contributed by atoms with Gasteiger partial charge < -0.3 is 15.2 Å². The highest BCUT2D eigenvalue weighted by Gasteiger charge is 2.22. The van der Waals surface area contributed by atoms with Crippen LogP contribution in [0.2, 0.25) is 0 Å². The second-order valence-corrected chi connectivity index (χ2v) is 5.31. The Morgan fingerprint density at radius 1 is 1.35 bits per heavy atom. The molecule has 0 aromatic heterocycles. The molecule has 1 fully saturated rings. The molecule has 2 rings (SSSR count). The molecule has 0 bridgehead atoms. The zero-order chi connectivity index (χ0) is 12.3. The van der Waals surface area contributed by atoms with Crippen molar-refractivity contribution in [1.29, 1.82) is 0 Å². The van der Waals surface area contributed by atoms with Crippen LogP contribution in [0.5, 0.6) is 5.75 Å². The highest BCUT2D eigenvalue weighted by Crippen LogP contribution is 2.29. The number of aliphatic hydroxyl groups excluding tert-OH is 1. The maximum absolute atomic E-state index is 9.90. The number of methoxy groups -OCH3 is 1. The van der Waals surface area contributed by atoms with Gasteiger partial charge in [-0.05, 0) is 47.0 Å². The molecule has 2 atom stereocenters. The lowest BCUT2D eigenvalue weighted by Gasteiger charge is -2.29. The molecule has 0 aliphatic heterocycles. The van der Waals surface area contributed by atoms with E-state index in [2.05, 4.69) is 21.2 Å². The monoisotopic (exact) mass is 299 g/mol. The summed E-state index contributed by atoms with van der Waals surface area (Å²) in [6, 6.07) is 6.05. The molecule has 1 aliphatic carbocycles. The zero-order valence-electron chi connectivity index (χ0n) is 9.95. The van der Waals surface area contributed by atoms with Gasteiger partial charge in [-0.1, -0.05) is 12.8 Å². The normalized spacial score (nSPS) is 24.4. The predicted octanol–water partition coefficient (Wildman–Crippen LogP) is 3.17. The Balaban J connectivity index is 2.05. The smallest absolute Gasteiger partial charge is 0.133 e. The first-order valence-electron chi connectivity index (χ1n) is 5.99. The minimum absolute atomic E-state index is 0.170. The van der Waals surface area contributed by atoms with Crippen LogP contribution in [0.4, 0.5) is 5.69 Å². The number of hydrogen-bond acceptors (Lipinski definition) is 3. The van der Waals surface area contributed by atoms with Gasteiger partial charge in [-0.3, -0.25) is 0 Å². The first-order valence-corrected chi connectivity index (χ1v) is 6.78. The van der Waals surface area contributed by atoms with Crippen LogP contribution < -0.4 is 10.1 Å². The van der Waals surface area contributed by atoms with Crippen LogP contribution in [0.3, 0.4) is 0 Å². The molecule has 1 saturated carbocycles. The van der Waals surface area contributed by atoms with E-state index >= 15 is 0 Å². The van der Waals surface area contributed by atoms with Crippen LogP contribution >= 0.6 is 15.9 Å². The average Bonchev–Trinajstić information content (AvgIpc) is 2.32. The van der Waals surface area contributed by atoms with E-state index < -0.39 is 0 Å². The number of rotatable bonds is 3. The summed E-state index contributed by atoms with van der Waals surface area (Å²) in [4.78, 5) is 0. The molecule has 2 N–H and O–H groups in total. The van der Waals surface area contributed by atoms with E-state index in [1.807, 2.05) is 18.2 Å². The van der Waals surface area contributed by atoms with Gasteiger partial charge in [0.15, 0.2) is 0 Å². The van der Waals surface area contributed by atoms with Gasteiger partial charge in [0.25, 0.3) is 0 Å². The Hall–Kier alpha value is -0.740. The first-order chi connectivity index (χ1) is 8.20. The van der Waals surface area contributed by atoms with E-state index in [-0.39, 0.29) is 12.1 Å². The molecular formula is C13H18BrNO2. The summed E-state index contributed by atoms with van der Waals surface area (Å²) in [5.74, 6) is 0.819. The van der Waals surface area contributed by atoms with E-state index in [1.54, 1.807) is 7.11 Å². The summed E-state index contributed by atoms with van der Waals surface area (Å²) in [6.45, 7) is 0. The minimum Gasteiger partial charge on any atom is -0.496 e. The molecule has 1 aromatic rings. The third-order valence-corrected chi connectivity index (χ3v) is 3.85. The fraction of sp³-hybridized carbons (Fsp3) is 0.538. The van der Waals surface area contributed by atoms with Gasteiger partial charge in [0.1, 0.15) is 5.75 Å². The number of anilines is 1. The number of nitrogens with one attached hydrogen (secondary N) is 1. The third kappa shape index (κ3) is 3.13. The molecule has 17 heavy (non-hydrogen) atoms. The van der Waals surface area contributed by atoms with Gasteiger partial charge in [0, 0.05) is 5.69 Å². The Morgan fingerprint density at radius 2 is 2.12 bits per heavy atom. The highest BCUT2D eigenvalue weighted by atomic mass is 79.9. The molecule has 0 saturated heterocycles. The van der Waals surface area contributed by atoms with Crippen LogP contribution in [0.15, 0.2) is 22.7 Å². The Bertz CT molecular complexity index is 384. The van der Waals surface area contributed by atoms with E-state index in [9.17, 15) is 5.11 Å². The number of halogens is 1. The number of aliphatic hydroxyl groups is 1. The van der Waals surface area contributed by atoms with Gasteiger partial charge in [-0.25, -0.2) is 0 Å². The number of ether oxygens (including phenoxy) is 1. The predicted molar refractivity (Wildman–Crippen MR) is 72.6 cm³/mol. The molecule has 0 radical (unpaired) electrons. The van der Waals surface area contributed by atoms with E-state index in [0.717, 1.165) is 35.2 Å². The molecular weight excluding hydrogens is 282 g/mol. The molecule has 0 spiro atoms. The first kappa shape index (κ1) is 12.7. The molecule has 4 heteroatoms.